The number of hydrogen-bond acceptors (Lipinski definition) is 3. The Labute approximate surface area is 125 Å². The highest BCUT2D eigenvalue weighted by Gasteiger charge is 2.17. The van der Waals surface area contributed by atoms with Gasteiger partial charge in [-0.1, -0.05) is 44.2 Å². The van der Waals surface area contributed by atoms with Gasteiger partial charge >= 0.3 is 11.9 Å². The molecule has 0 spiro atoms. The Balaban J connectivity index is 1.78. The van der Waals surface area contributed by atoms with Crippen LogP contribution in [0, 0.1) is 5.92 Å². The molecule has 1 aromatic carbocycles. The molecule has 0 atom stereocenters. The van der Waals surface area contributed by atoms with Crippen molar-refractivity contribution in [2.24, 2.45) is 5.92 Å². The number of carboxylic acids is 1. The number of rotatable bonds is 6. The van der Waals surface area contributed by atoms with Gasteiger partial charge in [0.2, 0.25) is 0 Å². The molecule has 4 heteroatoms. The number of carbonyl (C=O) groups excluding carboxylic acids is 1. The summed E-state index contributed by atoms with van der Waals surface area (Å²) in [5.74, 6) is -0.884. The molecule has 1 fully saturated rings. The van der Waals surface area contributed by atoms with E-state index in [1.165, 1.54) is 44.2 Å². The number of carboxylic acid groups (broad SMARTS) is 1. The van der Waals surface area contributed by atoms with Crippen molar-refractivity contribution in [3.8, 4) is 0 Å². The fourth-order valence-corrected chi connectivity index (χ4v) is 2.94. The highest BCUT2D eigenvalue weighted by molar-refractivity contribution is 6.02. The molecule has 0 saturated heterocycles. The number of carbonyl (C=O) groups is 2. The van der Waals surface area contributed by atoms with Crippen LogP contribution < -0.4 is 0 Å². The number of esters is 1. The largest absolute Gasteiger partial charge is 0.478 e. The predicted molar refractivity (Wildman–Crippen MR) is 79.5 cm³/mol. The number of aromatic carboxylic acids is 1. The first-order valence-corrected chi connectivity index (χ1v) is 7.68. The third-order valence-corrected chi connectivity index (χ3v) is 4.09. The molecule has 0 aliphatic heterocycles. The van der Waals surface area contributed by atoms with Gasteiger partial charge in [-0.3, -0.25) is 0 Å². The van der Waals surface area contributed by atoms with E-state index in [2.05, 4.69) is 0 Å². The molecule has 1 saturated carbocycles. The topological polar surface area (TPSA) is 63.6 Å². The van der Waals surface area contributed by atoms with Gasteiger partial charge in [0.05, 0.1) is 17.7 Å². The molecule has 0 bridgehead atoms. The van der Waals surface area contributed by atoms with E-state index in [1.807, 2.05) is 0 Å². The van der Waals surface area contributed by atoms with Crippen LogP contribution >= 0.6 is 0 Å². The fourth-order valence-electron chi connectivity index (χ4n) is 2.94. The molecule has 0 radical (unpaired) electrons. The Morgan fingerprint density at radius 2 is 1.76 bits per heavy atom. The zero-order chi connectivity index (χ0) is 15.1. The van der Waals surface area contributed by atoms with Gasteiger partial charge < -0.3 is 9.84 Å². The summed E-state index contributed by atoms with van der Waals surface area (Å²) in [7, 11) is 0. The van der Waals surface area contributed by atoms with Gasteiger partial charge in [0.25, 0.3) is 0 Å². The van der Waals surface area contributed by atoms with E-state index in [4.69, 9.17) is 9.84 Å². The molecule has 4 nitrogen and oxygen atoms in total. The summed E-state index contributed by atoms with van der Waals surface area (Å²) in [5, 5.41) is 9.05. The standard InChI is InChI=1S/C17H22O4/c18-16(19)14-10-4-5-11-15(14)17(20)21-12-6-9-13-7-2-1-3-8-13/h4-5,10-11,13H,1-3,6-9,12H2,(H,18,19). The molecule has 0 unspecified atom stereocenters. The highest BCUT2D eigenvalue weighted by Crippen LogP contribution is 2.27. The molecule has 1 aliphatic rings. The predicted octanol–water partition coefficient (Wildman–Crippen LogP) is 3.90. The van der Waals surface area contributed by atoms with Crippen molar-refractivity contribution in [1.29, 1.82) is 0 Å². The van der Waals surface area contributed by atoms with E-state index in [1.54, 1.807) is 12.1 Å². The molecule has 114 valence electrons. The second-order valence-corrected chi connectivity index (χ2v) is 5.63. The normalized spacial score (nSPS) is 15.6. The van der Waals surface area contributed by atoms with Crippen LogP contribution in [0.3, 0.4) is 0 Å². The van der Waals surface area contributed by atoms with Crippen molar-refractivity contribution in [3.63, 3.8) is 0 Å². The van der Waals surface area contributed by atoms with Gasteiger partial charge in [0.15, 0.2) is 0 Å². The van der Waals surface area contributed by atoms with Crippen LogP contribution in [0.1, 0.15) is 65.7 Å². The van der Waals surface area contributed by atoms with E-state index in [9.17, 15) is 9.59 Å². The summed E-state index contributed by atoms with van der Waals surface area (Å²) >= 11 is 0. The van der Waals surface area contributed by atoms with Crippen molar-refractivity contribution >= 4 is 11.9 Å². The lowest BCUT2D eigenvalue weighted by Crippen LogP contribution is -2.13. The second-order valence-electron chi connectivity index (χ2n) is 5.63. The Morgan fingerprint density at radius 3 is 2.43 bits per heavy atom. The van der Waals surface area contributed by atoms with Crippen molar-refractivity contribution in [1.82, 2.24) is 0 Å². The van der Waals surface area contributed by atoms with Gasteiger partial charge in [0.1, 0.15) is 0 Å². The van der Waals surface area contributed by atoms with Crippen molar-refractivity contribution in [3.05, 3.63) is 35.4 Å². The molecular formula is C17H22O4. The molecule has 2 rings (SSSR count). The minimum atomic E-state index is -1.11. The van der Waals surface area contributed by atoms with Crippen LogP contribution in [0.15, 0.2) is 24.3 Å². The van der Waals surface area contributed by atoms with E-state index in [-0.39, 0.29) is 11.1 Å². The van der Waals surface area contributed by atoms with Crippen LogP contribution in [0.4, 0.5) is 0 Å². The summed E-state index contributed by atoms with van der Waals surface area (Å²) in [4.78, 5) is 23.0. The minimum absolute atomic E-state index is 0.00483. The van der Waals surface area contributed by atoms with Gasteiger partial charge in [-0.05, 0) is 30.9 Å². The molecule has 1 N–H and O–H groups in total. The number of benzene rings is 1. The lowest BCUT2D eigenvalue weighted by Gasteiger charge is -2.21. The summed E-state index contributed by atoms with van der Waals surface area (Å²) in [6.45, 7) is 0.364. The van der Waals surface area contributed by atoms with Crippen LogP contribution in [-0.4, -0.2) is 23.7 Å². The van der Waals surface area contributed by atoms with Crippen molar-refractivity contribution in [2.75, 3.05) is 6.61 Å². The molecule has 0 aromatic heterocycles. The van der Waals surface area contributed by atoms with Crippen LogP contribution in [-0.2, 0) is 4.74 Å². The maximum Gasteiger partial charge on any atom is 0.339 e. The van der Waals surface area contributed by atoms with Gasteiger partial charge in [-0.2, -0.15) is 0 Å². The summed E-state index contributed by atoms with van der Waals surface area (Å²) in [6.07, 6.45) is 8.50. The van der Waals surface area contributed by atoms with E-state index >= 15 is 0 Å². The maximum atomic E-state index is 11.9. The van der Waals surface area contributed by atoms with Crippen molar-refractivity contribution < 1.29 is 19.4 Å². The molecule has 0 amide bonds. The third kappa shape index (κ3) is 4.59. The van der Waals surface area contributed by atoms with Gasteiger partial charge in [-0.25, -0.2) is 9.59 Å². The Bertz CT molecular complexity index is 489. The smallest absolute Gasteiger partial charge is 0.339 e. The maximum absolute atomic E-state index is 11.9. The highest BCUT2D eigenvalue weighted by atomic mass is 16.5. The van der Waals surface area contributed by atoms with Crippen LogP contribution in [0.2, 0.25) is 0 Å². The molecular weight excluding hydrogens is 268 g/mol. The van der Waals surface area contributed by atoms with E-state index < -0.39 is 11.9 Å². The number of ether oxygens (including phenoxy) is 1. The fraction of sp³-hybridized carbons (Fsp3) is 0.529. The molecule has 1 aliphatic carbocycles. The van der Waals surface area contributed by atoms with Gasteiger partial charge in [0, 0.05) is 0 Å². The van der Waals surface area contributed by atoms with E-state index in [0.29, 0.717) is 6.61 Å². The Kier molecular flexibility index (Phi) is 5.78. The quantitative estimate of drug-likeness (QED) is 0.637. The van der Waals surface area contributed by atoms with Gasteiger partial charge in [-0.15, -0.1) is 0 Å². The number of hydrogen-bond donors (Lipinski definition) is 1. The molecule has 0 heterocycles. The monoisotopic (exact) mass is 290 g/mol. The van der Waals surface area contributed by atoms with Crippen molar-refractivity contribution in [2.45, 2.75) is 44.9 Å². The van der Waals surface area contributed by atoms with Crippen LogP contribution in [0.5, 0.6) is 0 Å². The zero-order valence-electron chi connectivity index (χ0n) is 12.2. The van der Waals surface area contributed by atoms with E-state index in [0.717, 1.165) is 18.8 Å². The third-order valence-electron chi connectivity index (χ3n) is 4.09. The first-order chi connectivity index (χ1) is 10.2. The summed E-state index contributed by atoms with van der Waals surface area (Å²) in [5.41, 5.74) is 0.123. The summed E-state index contributed by atoms with van der Waals surface area (Å²) in [6, 6.07) is 6.16. The average molecular weight is 290 g/mol. The summed E-state index contributed by atoms with van der Waals surface area (Å²) < 4.78 is 5.21. The SMILES string of the molecule is O=C(O)c1ccccc1C(=O)OCCCC1CCCCC1. The first-order valence-electron chi connectivity index (χ1n) is 7.68. The lowest BCUT2D eigenvalue weighted by atomic mass is 9.86. The minimum Gasteiger partial charge on any atom is -0.478 e. The second kappa shape index (κ2) is 7.81. The Morgan fingerprint density at radius 1 is 1.10 bits per heavy atom. The molecule has 1 aromatic rings. The lowest BCUT2D eigenvalue weighted by molar-refractivity contribution is 0.0481. The molecule has 21 heavy (non-hydrogen) atoms. The Hall–Kier alpha value is -1.84. The average Bonchev–Trinajstić information content (AvgIpc) is 2.52. The zero-order valence-corrected chi connectivity index (χ0v) is 12.2. The first kappa shape index (κ1) is 15.5. The van der Waals surface area contributed by atoms with Crippen LogP contribution in [0.25, 0.3) is 0 Å².